The summed E-state index contributed by atoms with van der Waals surface area (Å²) in [6, 6.07) is 10.2. The van der Waals surface area contributed by atoms with Crippen molar-refractivity contribution in [2.24, 2.45) is 5.10 Å². The largest absolute Gasteiger partial charge is 0.494 e. The van der Waals surface area contributed by atoms with Crippen LogP contribution in [0.2, 0.25) is 0 Å². The van der Waals surface area contributed by atoms with Crippen LogP contribution in [0.3, 0.4) is 0 Å². The van der Waals surface area contributed by atoms with Crippen LogP contribution in [-0.4, -0.2) is 32.3 Å². The average Bonchev–Trinajstić information content (AvgIpc) is 3.06. The first-order valence-corrected chi connectivity index (χ1v) is 8.52. The molecule has 0 saturated carbocycles. The molecule has 1 N–H and O–H groups in total. The Labute approximate surface area is 151 Å². The van der Waals surface area contributed by atoms with E-state index < -0.39 is 0 Å². The third-order valence-electron chi connectivity index (χ3n) is 4.00. The molecule has 25 heavy (non-hydrogen) atoms. The first kappa shape index (κ1) is 17.2. The second-order valence-corrected chi connectivity index (χ2v) is 6.11. The number of hydrogen-bond donors (Lipinski definition) is 1. The zero-order valence-electron chi connectivity index (χ0n) is 14.8. The van der Waals surface area contributed by atoms with Gasteiger partial charge in [0.15, 0.2) is 0 Å². The molecule has 0 bridgehead atoms. The van der Waals surface area contributed by atoms with Gasteiger partial charge < -0.3 is 9.30 Å². The van der Waals surface area contributed by atoms with Gasteiger partial charge in [-0.25, -0.2) is 0 Å². The summed E-state index contributed by atoms with van der Waals surface area (Å²) in [6.07, 6.45) is 1.81. The van der Waals surface area contributed by atoms with Crippen molar-refractivity contribution in [1.29, 1.82) is 0 Å². The average molecular weight is 355 g/mol. The van der Waals surface area contributed by atoms with Gasteiger partial charge in [0.2, 0.25) is 4.77 Å². The third kappa shape index (κ3) is 3.41. The van der Waals surface area contributed by atoms with Crippen molar-refractivity contribution in [2.75, 3.05) is 6.61 Å². The maximum Gasteiger partial charge on any atom is 0.216 e. The highest BCUT2D eigenvalue weighted by Gasteiger charge is 2.10. The molecule has 0 saturated heterocycles. The van der Waals surface area contributed by atoms with Crippen molar-refractivity contribution in [1.82, 2.24) is 19.4 Å². The van der Waals surface area contributed by atoms with E-state index in [0.717, 1.165) is 34.2 Å². The SMILES string of the molecule is CCOc1ccc(-n2c(C)cc(/C=N\n3c(C)n[nH]c3=S)c2C)cc1. The first-order chi connectivity index (χ1) is 12.0. The standard InChI is InChI=1S/C18H21N5OS/c1-5-24-17-8-6-16(7-9-17)22-12(2)10-15(13(22)3)11-19-23-14(4)20-21-18(23)25/h6-11H,5H2,1-4H3,(H,21,25)/b19-11-. The summed E-state index contributed by atoms with van der Waals surface area (Å²) in [6.45, 7) is 8.65. The Morgan fingerprint density at radius 3 is 2.56 bits per heavy atom. The van der Waals surface area contributed by atoms with E-state index in [2.05, 4.69) is 51.9 Å². The topological polar surface area (TPSA) is 60.1 Å². The fourth-order valence-electron chi connectivity index (χ4n) is 2.80. The van der Waals surface area contributed by atoms with Gasteiger partial charge >= 0.3 is 0 Å². The van der Waals surface area contributed by atoms with Crippen LogP contribution in [0.1, 0.15) is 29.7 Å². The van der Waals surface area contributed by atoms with E-state index in [-0.39, 0.29) is 0 Å². The monoisotopic (exact) mass is 355 g/mol. The number of ether oxygens (including phenoxy) is 1. The predicted molar refractivity (Wildman–Crippen MR) is 102 cm³/mol. The van der Waals surface area contributed by atoms with Gasteiger partial charge in [-0.1, -0.05) is 0 Å². The number of H-pyrrole nitrogens is 1. The third-order valence-corrected chi connectivity index (χ3v) is 4.26. The highest BCUT2D eigenvalue weighted by molar-refractivity contribution is 7.71. The van der Waals surface area contributed by atoms with Crippen molar-refractivity contribution < 1.29 is 4.74 Å². The Morgan fingerprint density at radius 1 is 1.24 bits per heavy atom. The van der Waals surface area contributed by atoms with E-state index in [1.807, 2.05) is 32.2 Å². The summed E-state index contributed by atoms with van der Waals surface area (Å²) in [5.74, 6) is 1.60. The molecule has 2 heterocycles. The van der Waals surface area contributed by atoms with Gasteiger partial charge in [0.25, 0.3) is 0 Å². The molecule has 3 rings (SSSR count). The molecule has 0 fully saturated rings. The molecule has 0 radical (unpaired) electrons. The highest BCUT2D eigenvalue weighted by Crippen LogP contribution is 2.22. The fourth-order valence-corrected chi connectivity index (χ4v) is 3.02. The summed E-state index contributed by atoms with van der Waals surface area (Å²) >= 11 is 5.18. The molecule has 0 aliphatic rings. The zero-order chi connectivity index (χ0) is 18.0. The van der Waals surface area contributed by atoms with Gasteiger partial charge in [-0.05, 0) is 70.2 Å². The number of rotatable bonds is 5. The van der Waals surface area contributed by atoms with Crippen LogP contribution < -0.4 is 4.74 Å². The van der Waals surface area contributed by atoms with Crippen molar-refractivity contribution in [3.05, 3.63) is 57.9 Å². The lowest BCUT2D eigenvalue weighted by atomic mass is 10.2. The van der Waals surface area contributed by atoms with Gasteiger partial charge in [-0.3, -0.25) is 5.10 Å². The minimum atomic E-state index is 0.481. The van der Waals surface area contributed by atoms with Gasteiger partial charge in [-0.15, -0.1) is 0 Å². The van der Waals surface area contributed by atoms with E-state index in [9.17, 15) is 0 Å². The molecule has 1 aromatic carbocycles. The number of nitrogens with one attached hydrogen (secondary N) is 1. The lowest BCUT2D eigenvalue weighted by molar-refractivity contribution is 0.340. The molecule has 7 heteroatoms. The highest BCUT2D eigenvalue weighted by atomic mass is 32.1. The Bertz CT molecular complexity index is 963. The number of aryl methyl sites for hydroxylation is 2. The molecule has 0 unspecified atom stereocenters. The van der Waals surface area contributed by atoms with E-state index >= 15 is 0 Å². The number of aromatic amines is 1. The minimum Gasteiger partial charge on any atom is -0.494 e. The van der Waals surface area contributed by atoms with Gasteiger partial charge in [0.05, 0.1) is 12.8 Å². The van der Waals surface area contributed by atoms with E-state index in [4.69, 9.17) is 17.0 Å². The van der Waals surface area contributed by atoms with Crippen LogP contribution in [-0.2, 0) is 0 Å². The second-order valence-electron chi connectivity index (χ2n) is 5.72. The van der Waals surface area contributed by atoms with Crippen LogP contribution in [0.15, 0.2) is 35.4 Å². The number of hydrogen-bond acceptors (Lipinski definition) is 4. The second kappa shape index (κ2) is 7.06. The van der Waals surface area contributed by atoms with Crippen molar-refractivity contribution in [3.63, 3.8) is 0 Å². The van der Waals surface area contributed by atoms with Crippen LogP contribution in [0, 0.1) is 25.5 Å². The van der Waals surface area contributed by atoms with E-state index in [0.29, 0.717) is 11.4 Å². The van der Waals surface area contributed by atoms with E-state index in [1.54, 1.807) is 4.68 Å². The Kier molecular flexibility index (Phi) is 4.85. The molecular formula is C18H21N5OS. The molecule has 0 atom stereocenters. The molecule has 130 valence electrons. The molecular weight excluding hydrogens is 334 g/mol. The number of benzene rings is 1. The quantitative estimate of drug-likeness (QED) is 0.557. The lowest BCUT2D eigenvalue weighted by Crippen LogP contribution is -2.00. The van der Waals surface area contributed by atoms with Crippen LogP contribution in [0.5, 0.6) is 5.75 Å². The predicted octanol–water partition coefficient (Wildman–Crippen LogP) is 3.94. The van der Waals surface area contributed by atoms with Crippen molar-refractivity contribution in [3.8, 4) is 11.4 Å². The van der Waals surface area contributed by atoms with Crippen LogP contribution in [0.25, 0.3) is 5.69 Å². The Morgan fingerprint density at radius 2 is 1.96 bits per heavy atom. The molecule has 6 nitrogen and oxygen atoms in total. The van der Waals surface area contributed by atoms with Crippen LogP contribution in [0.4, 0.5) is 0 Å². The molecule has 0 aliphatic heterocycles. The molecule has 0 spiro atoms. The Hall–Kier alpha value is -2.67. The van der Waals surface area contributed by atoms with Gasteiger partial charge in [0, 0.05) is 22.6 Å². The van der Waals surface area contributed by atoms with E-state index in [1.165, 1.54) is 0 Å². The molecule has 2 aromatic heterocycles. The summed E-state index contributed by atoms with van der Waals surface area (Å²) < 4.78 is 9.80. The van der Waals surface area contributed by atoms with Gasteiger partial charge in [-0.2, -0.15) is 14.9 Å². The number of aromatic nitrogens is 4. The summed E-state index contributed by atoms with van der Waals surface area (Å²) in [5, 5.41) is 11.2. The summed E-state index contributed by atoms with van der Waals surface area (Å²) in [4.78, 5) is 0. The molecule has 3 aromatic rings. The summed E-state index contributed by atoms with van der Waals surface area (Å²) in [5.41, 5.74) is 4.37. The fraction of sp³-hybridized carbons (Fsp3) is 0.278. The molecule has 0 amide bonds. The maximum absolute atomic E-state index is 5.51. The Balaban J connectivity index is 1.94. The summed E-state index contributed by atoms with van der Waals surface area (Å²) in [7, 11) is 0. The lowest BCUT2D eigenvalue weighted by Gasteiger charge is -2.10. The maximum atomic E-state index is 5.51. The van der Waals surface area contributed by atoms with Crippen LogP contribution >= 0.6 is 12.2 Å². The number of nitrogens with zero attached hydrogens (tertiary/aromatic N) is 4. The van der Waals surface area contributed by atoms with Gasteiger partial charge in [0.1, 0.15) is 11.6 Å². The zero-order valence-corrected chi connectivity index (χ0v) is 15.6. The van der Waals surface area contributed by atoms with Crippen molar-refractivity contribution in [2.45, 2.75) is 27.7 Å². The van der Waals surface area contributed by atoms with Crippen molar-refractivity contribution >= 4 is 18.4 Å². The normalized spacial score (nSPS) is 11.4. The molecule has 0 aliphatic carbocycles. The minimum absolute atomic E-state index is 0.481. The first-order valence-electron chi connectivity index (χ1n) is 8.11. The smallest absolute Gasteiger partial charge is 0.216 e.